The van der Waals surface area contributed by atoms with Crippen molar-refractivity contribution < 1.29 is 9.90 Å². The predicted octanol–water partition coefficient (Wildman–Crippen LogP) is -0.443. The molecule has 0 radical (unpaired) electrons. The van der Waals surface area contributed by atoms with E-state index in [-0.39, 0.29) is 24.5 Å². The summed E-state index contributed by atoms with van der Waals surface area (Å²) in [7, 11) is 0. The Morgan fingerprint density at radius 1 is 1.56 bits per heavy atom. The van der Waals surface area contributed by atoms with Crippen LogP contribution in [0.15, 0.2) is 12.4 Å². The third-order valence-electron chi connectivity index (χ3n) is 3.04. The normalized spacial score (nSPS) is 17.1. The topological polar surface area (TPSA) is 80.0 Å². The largest absolute Gasteiger partial charge is 0.396 e. The van der Waals surface area contributed by atoms with Gasteiger partial charge >= 0.3 is 0 Å². The van der Waals surface area contributed by atoms with Crippen LogP contribution in [0.25, 0.3) is 0 Å². The van der Waals surface area contributed by atoms with Gasteiger partial charge < -0.3 is 10.4 Å². The van der Waals surface area contributed by atoms with Crippen molar-refractivity contribution in [2.24, 2.45) is 5.41 Å². The molecule has 1 heterocycles. The van der Waals surface area contributed by atoms with Gasteiger partial charge in [0.1, 0.15) is 6.54 Å². The Hall–Kier alpha value is -1.43. The second-order valence-electron chi connectivity index (χ2n) is 4.35. The molecule has 88 valence electrons. The molecule has 1 aliphatic carbocycles. The molecule has 0 bridgehead atoms. The Morgan fingerprint density at radius 3 is 2.94 bits per heavy atom. The lowest BCUT2D eigenvalue weighted by Gasteiger charge is -2.14. The van der Waals surface area contributed by atoms with Crippen molar-refractivity contribution >= 4 is 5.91 Å². The molecule has 0 saturated heterocycles. The Morgan fingerprint density at radius 2 is 2.38 bits per heavy atom. The van der Waals surface area contributed by atoms with Gasteiger partial charge in [0.05, 0.1) is 6.20 Å². The van der Waals surface area contributed by atoms with Crippen LogP contribution < -0.4 is 5.32 Å². The van der Waals surface area contributed by atoms with Gasteiger partial charge in [-0.15, -0.1) is 5.10 Å². The molecule has 2 rings (SSSR count). The van der Waals surface area contributed by atoms with E-state index in [1.54, 1.807) is 12.4 Å². The number of carbonyl (C=O) groups excluding carboxylic acids is 1. The van der Waals surface area contributed by atoms with Crippen LogP contribution in [0.1, 0.15) is 19.3 Å². The minimum atomic E-state index is -0.0604. The average Bonchev–Trinajstić information content (AvgIpc) is 2.83. The summed E-state index contributed by atoms with van der Waals surface area (Å²) in [6.45, 7) is 1.05. The van der Waals surface area contributed by atoms with Gasteiger partial charge in [0.25, 0.3) is 0 Å². The number of rotatable bonds is 6. The smallest absolute Gasteiger partial charge is 0.241 e. The molecule has 1 aromatic rings. The summed E-state index contributed by atoms with van der Waals surface area (Å²) in [5, 5.41) is 19.1. The first-order chi connectivity index (χ1) is 7.74. The zero-order chi connectivity index (χ0) is 11.4. The van der Waals surface area contributed by atoms with Gasteiger partial charge in [0.2, 0.25) is 5.91 Å². The molecule has 0 aromatic carbocycles. The maximum Gasteiger partial charge on any atom is 0.241 e. The summed E-state index contributed by atoms with van der Waals surface area (Å²) in [6.07, 6.45) is 6.16. The fourth-order valence-corrected chi connectivity index (χ4v) is 1.74. The number of aliphatic hydroxyl groups is 1. The number of nitrogens with zero attached hydrogens (tertiary/aromatic N) is 3. The fourth-order valence-electron chi connectivity index (χ4n) is 1.74. The first-order valence-corrected chi connectivity index (χ1v) is 5.46. The van der Waals surface area contributed by atoms with E-state index in [1.807, 2.05) is 0 Å². The van der Waals surface area contributed by atoms with E-state index < -0.39 is 0 Å². The highest BCUT2D eigenvalue weighted by molar-refractivity contribution is 5.75. The Kier molecular flexibility index (Phi) is 3.19. The highest BCUT2D eigenvalue weighted by Crippen LogP contribution is 2.47. The number of aliphatic hydroxyl groups excluding tert-OH is 1. The van der Waals surface area contributed by atoms with Gasteiger partial charge in [0.15, 0.2) is 0 Å². The van der Waals surface area contributed by atoms with Gasteiger partial charge in [-0.05, 0) is 24.7 Å². The summed E-state index contributed by atoms with van der Waals surface area (Å²) >= 11 is 0. The fraction of sp³-hybridized carbons (Fsp3) is 0.700. The SMILES string of the molecule is O=C(Cn1ccnn1)NCC1(CCO)CC1. The summed E-state index contributed by atoms with van der Waals surface area (Å²) in [5.41, 5.74) is 0.160. The lowest BCUT2D eigenvalue weighted by atomic mass is 10.0. The molecule has 6 nitrogen and oxygen atoms in total. The molecule has 1 aromatic heterocycles. The first kappa shape index (κ1) is 11.1. The van der Waals surface area contributed by atoms with Gasteiger partial charge in [0, 0.05) is 19.3 Å². The van der Waals surface area contributed by atoms with Crippen LogP contribution in [0.4, 0.5) is 0 Å². The van der Waals surface area contributed by atoms with Crippen LogP contribution in [0.3, 0.4) is 0 Å². The van der Waals surface area contributed by atoms with E-state index in [0.29, 0.717) is 6.54 Å². The van der Waals surface area contributed by atoms with Crippen LogP contribution in [-0.4, -0.2) is 39.2 Å². The second kappa shape index (κ2) is 4.61. The van der Waals surface area contributed by atoms with E-state index in [4.69, 9.17) is 5.11 Å². The molecular formula is C10H16N4O2. The third-order valence-corrected chi connectivity index (χ3v) is 3.04. The highest BCUT2D eigenvalue weighted by atomic mass is 16.3. The van der Waals surface area contributed by atoms with Crippen LogP contribution in [0.5, 0.6) is 0 Å². The number of amides is 1. The Labute approximate surface area is 93.6 Å². The average molecular weight is 224 g/mol. The number of aromatic nitrogens is 3. The van der Waals surface area contributed by atoms with Crippen LogP contribution in [0.2, 0.25) is 0 Å². The predicted molar refractivity (Wildman–Crippen MR) is 56.4 cm³/mol. The quantitative estimate of drug-likeness (QED) is 0.686. The van der Waals surface area contributed by atoms with E-state index in [0.717, 1.165) is 19.3 Å². The van der Waals surface area contributed by atoms with Crippen molar-refractivity contribution in [3.63, 3.8) is 0 Å². The minimum Gasteiger partial charge on any atom is -0.396 e. The molecule has 2 N–H and O–H groups in total. The molecule has 0 unspecified atom stereocenters. The van der Waals surface area contributed by atoms with E-state index in [1.165, 1.54) is 4.68 Å². The molecule has 1 aliphatic rings. The summed E-state index contributed by atoms with van der Waals surface area (Å²) in [4.78, 5) is 11.5. The Bertz CT molecular complexity index is 346. The van der Waals surface area contributed by atoms with Crippen molar-refractivity contribution in [3.05, 3.63) is 12.4 Å². The van der Waals surface area contributed by atoms with Crippen molar-refractivity contribution in [2.45, 2.75) is 25.8 Å². The summed E-state index contributed by atoms with van der Waals surface area (Å²) in [5.74, 6) is -0.0604. The van der Waals surface area contributed by atoms with E-state index in [2.05, 4.69) is 15.6 Å². The number of carbonyl (C=O) groups is 1. The molecule has 1 fully saturated rings. The van der Waals surface area contributed by atoms with Gasteiger partial charge in [-0.2, -0.15) is 0 Å². The molecule has 0 atom stereocenters. The zero-order valence-electron chi connectivity index (χ0n) is 9.09. The molecule has 0 spiro atoms. The maximum atomic E-state index is 11.5. The van der Waals surface area contributed by atoms with Gasteiger partial charge in [-0.25, -0.2) is 4.68 Å². The minimum absolute atomic E-state index is 0.0604. The number of hydrogen-bond donors (Lipinski definition) is 2. The zero-order valence-corrected chi connectivity index (χ0v) is 9.09. The molecule has 6 heteroatoms. The standard InChI is InChI=1S/C10H16N4O2/c15-6-3-10(1-2-10)8-11-9(16)7-14-5-4-12-13-14/h4-5,15H,1-3,6-8H2,(H,11,16). The lowest BCUT2D eigenvalue weighted by Crippen LogP contribution is -2.33. The Balaban J connectivity index is 1.72. The van der Waals surface area contributed by atoms with E-state index >= 15 is 0 Å². The summed E-state index contributed by atoms with van der Waals surface area (Å²) < 4.78 is 1.49. The number of hydrogen-bond acceptors (Lipinski definition) is 4. The van der Waals surface area contributed by atoms with Crippen molar-refractivity contribution in [2.75, 3.05) is 13.2 Å². The highest BCUT2D eigenvalue weighted by Gasteiger charge is 2.41. The first-order valence-electron chi connectivity index (χ1n) is 5.46. The van der Waals surface area contributed by atoms with Crippen LogP contribution >= 0.6 is 0 Å². The maximum absolute atomic E-state index is 11.5. The second-order valence-corrected chi connectivity index (χ2v) is 4.35. The van der Waals surface area contributed by atoms with Crippen molar-refractivity contribution in [1.29, 1.82) is 0 Å². The molecule has 1 amide bonds. The van der Waals surface area contributed by atoms with E-state index in [9.17, 15) is 4.79 Å². The van der Waals surface area contributed by atoms with Crippen LogP contribution in [-0.2, 0) is 11.3 Å². The third kappa shape index (κ3) is 2.79. The van der Waals surface area contributed by atoms with Crippen molar-refractivity contribution in [3.8, 4) is 0 Å². The van der Waals surface area contributed by atoms with Crippen LogP contribution in [0, 0.1) is 5.41 Å². The molecule has 1 saturated carbocycles. The van der Waals surface area contributed by atoms with Gasteiger partial charge in [-0.3, -0.25) is 4.79 Å². The molecular weight excluding hydrogens is 208 g/mol. The summed E-state index contributed by atoms with van der Waals surface area (Å²) in [6, 6.07) is 0. The molecule has 0 aliphatic heterocycles. The monoisotopic (exact) mass is 224 g/mol. The number of nitrogens with one attached hydrogen (secondary N) is 1. The molecule has 16 heavy (non-hydrogen) atoms. The van der Waals surface area contributed by atoms with Gasteiger partial charge in [-0.1, -0.05) is 5.21 Å². The lowest BCUT2D eigenvalue weighted by molar-refractivity contribution is -0.122. The van der Waals surface area contributed by atoms with Crippen molar-refractivity contribution in [1.82, 2.24) is 20.3 Å².